The lowest BCUT2D eigenvalue weighted by Gasteiger charge is -2.27. The summed E-state index contributed by atoms with van der Waals surface area (Å²) >= 11 is 0. The maximum absolute atomic E-state index is 13.3. The maximum Gasteiger partial charge on any atom is 0.235 e. The Morgan fingerprint density at radius 3 is 2.80 bits per heavy atom. The van der Waals surface area contributed by atoms with Gasteiger partial charge in [-0.05, 0) is 17.7 Å². The summed E-state index contributed by atoms with van der Waals surface area (Å²) in [6.07, 6.45) is 3.36. The molecule has 0 saturated carbocycles. The molecule has 2 aromatic rings. The molecule has 4 heterocycles. The predicted molar refractivity (Wildman–Crippen MR) is 101 cm³/mol. The average molecular weight is 412 g/mol. The molecule has 0 radical (unpaired) electrons. The van der Waals surface area contributed by atoms with Crippen LogP contribution in [0.3, 0.4) is 0 Å². The number of likely N-dealkylation sites (tertiary alicyclic amines) is 1. The van der Waals surface area contributed by atoms with Crippen LogP contribution in [0.2, 0.25) is 0 Å². The first-order chi connectivity index (χ1) is 14.4. The van der Waals surface area contributed by atoms with Crippen molar-refractivity contribution in [2.75, 3.05) is 13.6 Å². The Morgan fingerprint density at radius 2 is 2.10 bits per heavy atom. The average Bonchev–Trinajstić information content (AvgIpc) is 3.45. The molecule has 156 valence electrons. The van der Waals surface area contributed by atoms with E-state index >= 15 is 0 Å². The number of rotatable bonds is 5. The quantitative estimate of drug-likeness (QED) is 0.691. The fourth-order valence-corrected chi connectivity index (χ4v) is 4.74. The fourth-order valence-electron chi connectivity index (χ4n) is 4.74. The van der Waals surface area contributed by atoms with Crippen LogP contribution in [-0.2, 0) is 27.4 Å². The topological polar surface area (TPSA) is 88.8 Å². The molecule has 30 heavy (non-hydrogen) atoms. The van der Waals surface area contributed by atoms with E-state index in [2.05, 4.69) is 10.2 Å². The van der Waals surface area contributed by atoms with Gasteiger partial charge in [-0.15, -0.1) is 10.2 Å². The van der Waals surface area contributed by atoms with E-state index in [4.69, 9.17) is 9.15 Å². The van der Waals surface area contributed by atoms with E-state index in [1.165, 1.54) is 17.0 Å². The molecule has 9 heteroatoms. The summed E-state index contributed by atoms with van der Waals surface area (Å²) in [5.41, 5.74) is 0.0377. The minimum atomic E-state index is -0.788. The van der Waals surface area contributed by atoms with Crippen molar-refractivity contribution in [1.29, 1.82) is 0 Å². The normalized spacial score (nSPS) is 29.0. The van der Waals surface area contributed by atoms with Crippen LogP contribution in [0.15, 0.2) is 40.8 Å². The Bertz CT molecular complexity index is 1040. The standard InChI is InChI=1S/C21H21FN4O4/c1-12-23-24-16(29-12)10-25(2)19(27)17-15-7-8-21(30-15)11-26(20(28)18(17)21)9-13-3-5-14(22)6-4-13/h3-8,15,17-18H,9-11H2,1-2H3/t15-,17-,18+,21-/m0/s1. The van der Waals surface area contributed by atoms with Crippen molar-refractivity contribution < 1.29 is 23.1 Å². The van der Waals surface area contributed by atoms with E-state index in [0.717, 1.165) is 5.56 Å². The van der Waals surface area contributed by atoms with Gasteiger partial charge in [-0.25, -0.2) is 4.39 Å². The van der Waals surface area contributed by atoms with Crippen LogP contribution in [0, 0.1) is 24.6 Å². The van der Waals surface area contributed by atoms with Gasteiger partial charge in [-0.1, -0.05) is 24.3 Å². The molecule has 0 N–H and O–H groups in total. The van der Waals surface area contributed by atoms with Gasteiger partial charge in [0.25, 0.3) is 0 Å². The maximum atomic E-state index is 13.3. The highest BCUT2D eigenvalue weighted by atomic mass is 19.1. The molecule has 2 fully saturated rings. The third-order valence-electron chi connectivity index (χ3n) is 6.07. The summed E-state index contributed by atoms with van der Waals surface area (Å²) in [4.78, 5) is 29.7. The third-order valence-corrected chi connectivity index (χ3v) is 6.07. The van der Waals surface area contributed by atoms with Gasteiger partial charge in [0.2, 0.25) is 23.6 Å². The summed E-state index contributed by atoms with van der Waals surface area (Å²) in [6, 6.07) is 6.06. The zero-order chi connectivity index (χ0) is 21.0. The molecule has 0 unspecified atom stereocenters. The first kappa shape index (κ1) is 18.9. The van der Waals surface area contributed by atoms with Crippen LogP contribution in [0.4, 0.5) is 4.39 Å². The monoisotopic (exact) mass is 412 g/mol. The van der Waals surface area contributed by atoms with Crippen LogP contribution in [0.1, 0.15) is 17.3 Å². The summed E-state index contributed by atoms with van der Waals surface area (Å²) in [5, 5.41) is 7.71. The summed E-state index contributed by atoms with van der Waals surface area (Å²) in [7, 11) is 1.65. The molecular weight excluding hydrogens is 391 g/mol. The van der Waals surface area contributed by atoms with Crippen LogP contribution < -0.4 is 0 Å². The highest BCUT2D eigenvalue weighted by Gasteiger charge is 2.67. The number of hydrogen-bond donors (Lipinski definition) is 0. The summed E-state index contributed by atoms with van der Waals surface area (Å²) in [5.74, 6) is -1.04. The van der Waals surface area contributed by atoms with Crippen molar-refractivity contribution in [2.24, 2.45) is 11.8 Å². The number of carbonyl (C=O) groups is 2. The Morgan fingerprint density at radius 1 is 1.33 bits per heavy atom. The molecule has 0 aliphatic carbocycles. The lowest BCUT2D eigenvalue weighted by molar-refractivity contribution is -0.143. The molecule has 3 aliphatic rings. The Hall–Kier alpha value is -3.07. The van der Waals surface area contributed by atoms with Crippen molar-refractivity contribution in [3.05, 3.63) is 59.6 Å². The number of hydrogen-bond acceptors (Lipinski definition) is 6. The van der Waals surface area contributed by atoms with Gasteiger partial charge in [-0.2, -0.15) is 0 Å². The van der Waals surface area contributed by atoms with Crippen molar-refractivity contribution in [1.82, 2.24) is 20.0 Å². The number of aromatic nitrogens is 2. The van der Waals surface area contributed by atoms with Crippen LogP contribution in [0.5, 0.6) is 0 Å². The molecule has 1 spiro atoms. The Balaban J connectivity index is 1.35. The molecule has 2 bridgehead atoms. The largest absolute Gasteiger partial charge is 0.424 e. The molecule has 1 aromatic carbocycles. The van der Waals surface area contributed by atoms with Crippen molar-refractivity contribution >= 4 is 11.8 Å². The number of aryl methyl sites for hydroxylation is 1. The Labute approximate surface area is 172 Å². The molecule has 5 rings (SSSR count). The molecular formula is C21H21FN4O4. The number of benzene rings is 1. The number of carbonyl (C=O) groups excluding carboxylic acids is 2. The van der Waals surface area contributed by atoms with Gasteiger partial charge in [0.1, 0.15) is 11.4 Å². The van der Waals surface area contributed by atoms with E-state index in [0.29, 0.717) is 24.9 Å². The van der Waals surface area contributed by atoms with Gasteiger partial charge < -0.3 is 19.0 Å². The minimum absolute atomic E-state index is 0.119. The SMILES string of the molecule is Cc1nnc(CN(C)C(=O)[C@H]2[C@@H]3C=C[C@@]4(CN(Cc5ccc(F)cc5)C(=O)[C@@H]24)O3)o1. The molecule has 2 saturated heterocycles. The van der Waals surface area contributed by atoms with E-state index in [1.807, 2.05) is 12.2 Å². The van der Waals surface area contributed by atoms with Gasteiger partial charge in [0.05, 0.1) is 31.0 Å². The highest BCUT2D eigenvalue weighted by Crippen LogP contribution is 2.52. The van der Waals surface area contributed by atoms with Gasteiger partial charge in [-0.3, -0.25) is 9.59 Å². The fraction of sp³-hybridized carbons (Fsp3) is 0.429. The van der Waals surface area contributed by atoms with Gasteiger partial charge in [0, 0.05) is 20.5 Å². The number of nitrogens with zero attached hydrogens (tertiary/aromatic N) is 4. The van der Waals surface area contributed by atoms with Gasteiger partial charge >= 0.3 is 0 Å². The second-order valence-corrected chi connectivity index (χ2v) is 8.13. The molecule has 4 atom stereocenters. The minimum Gasteiger partial charge on any atom is -0.424 e. The van der Waals surface area contributed by atoms with Crippen LogP contribution in [0.25, 0.3) is 0 Å². The van der Waals surface area contributed by atoms with Crippen molar-refractivity contribution in [3.8, 4) is 0 Å². The zero-order valence-electron chi connectivity index (χ0n) is 16.6. The highest BCUT2D eigenvalue weighted by molar-refractivity contribution is 5.92. The Kier molecular flexibility index (Phi) is 4.25. The summed E-state index contributed by atoms with van der Waals surface area (Å²) in [6.45, 7) is 2.57. The first-order valence-corrected chi connectivity index (χ1v) is 9.81. The van der Waals surface area contributed by atoms with E-state index in [9.17, 15) is 14.0 Å². The number of fused-ring (bicyclic) bond motifs is 1. The zero-order valence-corrected chi connectivity index (χ0v) is 16.6. The molecule has 2 amide bonds. The lowest BCUT2D eigenvalue weighted by Crippen LogP contribution is -2.44. The lowest BCUT2D eigenvalue weighted by atomic mass is 9.76. The summed E-state index contributed by atoms with van der Waals surface area (Å²) < 4.78 is 24.7. The molecule has 1 aromatic heterocycles. The smallest absolute Gasteiger partial charge is 0.235 e. The van der Waals surface area contributed by atoms with Crippen molar-refractivity contribution in [2.45, 2.75) is 31.7 Å². The van der Waals surface area contributed by atoms with Crippen LogP contribution in [-0.4, -0.2) is 57.1 Å². The van der Waals surface area contributed by atoms with E-state index in [1.54, 1.807) is 31.0 Å². The first-order valence-electron chi connectivity index (χ1n) is 9.81. The van der Waals surface area contributed by atoms with Crippen LogP contribution >= 0.6 is 0 Å². The second kappa shape index (κ2) is 6.73. The van der Waals surface area contributed by atoms with Gasteiger partial charge in [0.15, 0.2) is 0 Å². The van der Waals surface area contributed by atoms with E-state index < -0.39 is 23.5 Å². The van der Waals surface area contributed by atoms with Crippen molar-refractivity contribution in [3.63, 3.8) is 0 Å². The molecule has 3 aliphatic heterocycles. The van der Waals surface area contributed by atoms with E-state index in [-0.39, 0.29) is 24.2 Å². The predicted octanol–water partition coefficient (Wildman–Crippen LogP) is 1.46. The second-order valence-electron chi connectivity index (χ2n) is 8.13. The number of halogens is 1. The number of ether oxygens (including phenoxy) is 1. The molecule has 8 nitrogen and oxygen atoms in total. The number of amides is 2. The third kappa shape index (κ3) is 2.92.